The van der Waals surface area contributed by atoms with Crippen molar-refractivity contribution < 1.29 is 4.79 Å². The van der Waals surface area contributed by atoms with Crippen molar-refractivity contribution in [2.45, 2.75) is 24.3 Å². The Morgan fingerprint density at radius 3 is 2.96 bits per heavy atom. The molecular weight excluding hydrogens is 367 g/mol. The van der Waals surface area contributed by atoms with E-state index in [1.54, 1.807) is 18.2 Å². The van der Waals surface area contributed by atoms with E-state index in [1.807, 2.05) is 19.9 Å². The molecule has 124 valence electrons. The lowest BCUT2D eigenvalue weighted by Crippen LogP contribution is -2.23. The van der Waals surface area contributed by atoms with Crippen LogP contribution < -0.4 is 5.32 Å². The quantitative estimate of drug-likeness (QED) is 0.643. The Morgan fingerprint density at radius 2 is 2.17 bits per heavy atom. The average Bonchev–Trinajstić information content (AvgIpc) is 2.93. The number of halogens is 2. The van der Waals surface area contributed by atoms with Crippen LogP contribution >= 0.6 is 35.0 Å². The van der Waals surface area contributed by atoms with E-state index in [9.17, 15) is 4.79 Å². The molecule has 0 saturated carbocycles. The van der Waals surface area contributed by atoms with Gasteiger partial charge in [-0.1, -0.05) is 41.0 Å². The van der Waals surface area contributed by atoms with Gasteiger partial charge >= 0.3 is 0 Å². The molecule has 0 fully saturated rings. The molecule has 24 heavy (non-hydrogen) atoms. The van der Waals surface area contributed by atoms with E-state index in [4.69, 9.17) is 23.2 Å². The molecule has 0 aliphatic heterocycles. The zero-order valence-electron chi connectivity index (χ0n) is 12.9. The van der Waals surface area contributed by atoms with E-state index in [0.29, 0.717) is 26.5 Å². The number of anilines is 1. The van der Waals surface area contributed by atoms with Gasteiger partial charge < -0.3 is 10.3 Å². The second-order valence-electron chi connectivity index (χ2n) is 5.23. The Labute approximate surface area is 153 Å². The molecule has 0 spiro atoms. The van der Waals surface area contributed by atoms with Crippen LogP contribution in [0.1, 0.15) is 12.5 Å². The summed E-state index contributed by atoms with van der Waals surface area (Å²) in [4.78, 5) is 24.0. The van der Waals surface area contributed by atoms with Crippen LogP contribution in [0.25, 0.3) is 11.2 Å². The summed E-state index contributed by atoms with van der Waals surface area (Å²) in [6.45, 7) is 3.68. The van der Waals surface area contributed by atoms with Crippen molar-refractivity contribution in [3.05, 3.63) is 46.1 Å². The van der Waals surface area contributed by atoms with Crippen molar-refractivity contribution in [1.29, 1.82) is 0 Å². The van der Waals surface area contributed by atoms with Crippen LogP contribution in [0.5, 0.6) is 0 Å². The molecule has 2 N–H and O–H groups in total. The van der Waals surface area contributed by atoms with Gasteiger partial charge in [0.1, 0.15) is 0 Å². The molecule has 0 bridgehead atoms. The third-order valence-corrected chi connectivity index (χ3v) is 5.07. The van der Waals surface area contributed by atoms with Crippen LogP contribution in [0, 0.1) is 6.92 Å². The molecule has 8 heteroatoms. The average molecular weight is 381 g/mol. The molecule has 3 aromatic rings. The highest BCUT2D eigenvalue weighted by molar-refractivity contribution is 8.00. The van der Waals surface area contributed by atoms with Crippen LogP contribution in [0.4, 0.5) is 5.69 Å². The highest BCUT2D eigenvalue weighted by Gasteiger charge is 2.18. The molecule has 0 radical (unpaired) electrons. The van der Waals surface area contributed by atoms with Gasteiger partial charge in [-0.3, -0.25) is 4.79 Å². The number of H-pyrrole nitrogens is 1. The normalized spacial score (nSPS) is 12.3. The number of nitrogens with zero attached hydrogens (tertiary/aromatic N) is 2. The van der Waals surface area contributed by atoms with Gasteiger partial charge in [0.05, 0.1) is 15.8 Å². The number of nitrogens with one attached hydrogen (secondary N) is 2. The topological polar surface area (TPSA) is 70.7 Å². The van der Waals surface area contributed by atoms with Gasteiger partial charge in [-0.05, 0) is 37.6 Å². The lowest BCUT2D eigenvalue weighted by Gasteiger charge is -2.13. The summed E-state index contributed by atoms with van der Waals surface area (Å²) in [5.41, 5.74) is 2.86. The maximum absolute atomic E-state index is 12.4. The molecule has 2 heterocycles. The number of fused-ring (bicyclic) bond motifs is 1. The van der Waals surface area contributed by atoms with Gasteiger partial charge in [-0.25, -0.2) is 9.97 Å². The van der Waals surface area contributed by atoms with Crippen molar-refractivity contribution in [1.82, 2.24) is 15.0 Å². The van der Waals surface area contributed by atoms with Crippen LogP contribution in [-0.4, -0.2) is 26.1 Å². The van der Waals surface area contributed by atoms with Crippen molar-refractivity contribution in [2.75, 3.05) is 5.32 Å². The van der Waals surface area contributed by atoms with Crippen LogP contribution in [0.3, 0.4) is 0 Å². The fraction of sp³-hybridized carbons (Fsp3) is 0.188. The minimum atomic E-state index is -0.348. The molecule has 0 aliphatic rings. The third kappa shape index (κ3) is 3.66. The Bertz CT molecular complexity index is 912. The SMILES string of the molecule is Cc1c(Cl)cccc1NC(=O)[C@H](C)Sc1nc2ncc(Cl)cc2[nH]1. The molecule has 1 amide bonds. The number of hydrogen-bond acceptors (Lipinski definition) is 4. The number of carbonyl (C=O) groups is 1. The number of thioether (sulfide) groups is 1. The number of amides is 1. The predicted octanol–water partition coefficient (Wildman–Crippen LogP) is 4.69. The highest BCUT2D eigenvalue weighted by Crippen LogP contribution is 2.27. The second-order valence-corrected chi connectivity index (χ2v) is 7.40. The Hall–Kier alpha value is -1.76. The standard InChI is InChI=1S/C16H14Cl2N4OS/c1-8-11(18)4-3-5-12(8)20-15(23)9(2)24-16-21-13-6-10(17)7-19-14(13)22-16/h3-7,9H,1-2H3,(H,20,23)(H,19,21,22)/t9-/m0/s1. The summed E-state index contributed by atoms with van der Waals surface area (Å²) in [7, 11) is 0. The molecule has 0 unspecified atom stereocenters. The summed E-state index contributed by atoms with van der Waals surface area (Å²) in [5.74, 6) is -0.128. The number of rotatable bonds is 4. The minimum absolute atomic E-state index is 0.128. The molecule has 3 rings (SSSR count). The zero-order chi connectivity index (χ0) is 17.3. The smallest absolute Gasteiger partial charge is 0.237 e. The molecule has 5 nitrogen and oxygen atoms in total. The van der Waals surface area contributed by atoms with Crippen LogP contribution in [0.2, 0.25) is 10.0 Å². The van der Waals surface area contributed by atoms with Gasteiger partial charge in [-0.15, -0.1) is 0 Å². The van der Waals surface area contributed by atoms with Gasteiger partial charge in [0.2, 0.25) is 5.91 Å². The fourth-order valence-corrected chi connectivity index (χ4v) is 3.25. The molecule has 0 saturated heterocycles. The van der Waals surface area contributed by atoms with Gasteiger partial charge in [0.15, 0.2) is 10.8 Å². The zero-order valence-corrected chi connectivity index (χ0v) is 15.3. The lowest BCUT2D eigenvalue weighted by atomic mass is 10.2. The number of aromatic nitrogens is 3. The van der Waals surface area contributed by atoms with Crippen molar-refractivity contribution in [3.63, 3.8) is 0 Å². The van der Waals surface area contributed by atoms with Crippen molar-refractivity contribution >= 4 is 57.7 Å². The first-order chi connectivity index (χ1) is 11.4. The maximum Gasteiger partial charge on any atom is 0.237 e. The van der Waals surface area contributed by atoms with Crippen LogP contribution in [-0.2, 0) is 4.79 Å². The number of carbonyl (C=O) groups excluding carboxylic acids is 1. The Balaban J connectivity index is 1.72. The summed E-state index contributed by atoms with van der Waals surface area (Å²) in [5, 5.41) is 4.31. The number of benzene rings is 1. The summed E-state index contributed by atoms with van der Waals surface area (Å²) in [6, 6.07) is 7.17. The van der Waals surface area contributed by atoms with E-state index in [1.165, 1.54) is 18.0 Å². The molecular formula is C16H14Cl2N4OS. The summed E-state index contributed by atoms with van der Waals surface area (Å²) >= 11 is 13.3. The van der Waals surface area contributed by atoms with Gasteiger partial charge in [0.25, 0.3) is 0 Å². The highest BCUT2D eigenvalue weighted by atomic mass is 35.5. The Kier molecular flexibility index (Phi) is 4.99. The predicted molar refractivity (Wildman–Crippen MR) is 99.0 cm³/mol. The van der Waals surface area contributed by atoms with Gasteiger partial charge in [0, 0.05) is 16.9 Å². The number of hydrogen-bond donors (Lipinski definition) is 2. The third-order valence-electron chi connectivity index (χ3n) is 3.47. The van der Waals surface area contributed by atoms with E-state index in [0.717, 1.165) is 11.1 Å². The summed E-state index contributed by atoms with van der Waals surface area (Å²) in [6.07, 6.45) is 1.54. The monoisotopic (exact) mass is 380 g/mol. The Morgan fingerprint density at radius 1 is 1.38 bits per heavy atom. The van der Waals surface area contributed by atoms with E-state index < -0.39 is 0 Å². The minimum Gasteiger partial charge on any atom is -0.331 e. The fourth-order valence-electron chi connectivity index (χ4n) is 2.11. The number of pyridine rings is 1. The van der Waals surface area contributed by atoms with Gasteiger partial charge in [-0.2, -0.15) is 0 Å². The molecule has 2 aromatic heterocycles. The number of imidazole rings is 1. The molecule has 1 atom stereocenters. The number of aromatic amines is 1. The van der Waals surface area contributed by atoms with Crippen molar-refractivity contribution in [3.8, 4) is 0 Å². The van der Waals surface area contributed by atoms with E-state index in [2.05, 4.69) is 20.3 Å². The summed E-state index contributed by atoms with van der Waals surface area (Å²) < 4.78 is 0. The van der Waals surface area contributed by atoms with E-state index in [-0.39, 0.29) is 11.2 Å². The first-order valence-corrected chi connectivity index (χ1v) is 8.81. The maximum atomic E-state index is 12.4. The molecule has 1 aromatic carbocycles. The van der Waals surface area contributed by atoms with Crippen LogP contribution in [0.15, 0.2) is 35.6 Å². The molecule has 0 aliphatic carbocycles. The lowest BCUT2D eigenvalue weighted by molar-refractivity contribution is -0.115. The van der Waals surface area contributed by atoms with Crippen molar-refractivity contribution in [2.24, 2.45) is 0 Å². The van der Waals surface area contributed by atoms with E-state index >= 15 is 0 Å². The largest absolute Gasteiger partial charge is 0.331 e. The second kappa shape index (κ2) is 7.01. The first-order valence-electron chi connectivity index (χ1n) is 7.18. The first kappa shape index (κ1) is 17.1.